The molecule has 0 bridgehead atoms. The van der Waals surface area contributed by atoms with Gasteiger partial charge in [-0.1, -0.05) is 11.6 Å². The first-order valence-corrected chi connectivity index (χ1v) is 7.39. The van der Waals surface area contributed by atoms with Crippen molar-refractivity contribution < 1.29 is 9.59 Å². The standard InChI is InChI=1S/C14H17ClN4O2.ClH/c15-12-2-1-10(19-6-5-17-14(19)21)7-11(12)13(20)18-9-3-4-16-8-9;/h1-2,7,9,16H,3-6,8H2,(H,17,21)(H,18,20);1H. The fraction of sp³-hybridized carbons (Fsp3) is 0.429. The number of rotatable bonds is 3. The van der Waals surface area contributed by atoms with E-state index in [0.29, 0.717) is 29.4 Å². The summed E-state index contributed by atoms with van der Waals surface area (Å²) in [4.78, 5) is 25.6. The Morgan fingerprint density at radius 3 is 2.82 bits per heavy atom. The van der Waals surface area contributed by atoms with Gasteiger partial charge in [0.1, 0.15) is 0 Å². The van der Waals surface area contributed by atoms with E-state index in [-0.39, 0.29) is 30.4 Å². The van der Waals surface area contributed by atoms with Gasteiger partial charge in [0.05, 0.1) is 10.6 Å². The molecule has 0 spiro atoms. The van der Waals surface area contributed by atoms with Crippen LogP contribution in [-0.4, -0.2) is 44.2 Å². The molecule has 2 heterocycles. The van der Waals surface area contributed by atoms with Crippen molar-refractivity contribution in [1.82, 2.24) is 16.0 Å². The lowest BCUT2D eigenvalue weighted by Crippen LogP contribution is -2.36. The van der Waals surface area contributed by atoms with Crippen LogP contribution in [0.3, 0.4) is 0 Å². The molecule has 22 heavy (non-hydrogen) atoms. The Morgan fingerprint density at radius 1 is 1.36 bits per heavy atom. The first-order valence-electron chi connectivity index (χ1n) is 7.01. The third kappa shape index (κ3) is 3.45. The van der Waals surface area contributed by atoms with Crippen molar-refractivity contribution in [2.24, 2.45) is 0 Å². The molecule has 2 saturated heterocycles. The molecule has 2 aliphatic rings. The highest BCUT2D eigenvalue weighted by Gasteiger charge is 2.24. The van der Waals surface area contributed by atoms with E-state index in [0.717, 1.165) is 19.5 Å². The number of benzene rings is 1. The van der Waals surface area contributed by atoms with Crippen molar-refractivity contribution in [3.63, 3.8) is 0 Å². The Morgan fingerprint density at radius 2 is 2.18 bits per heavy atom. The van der Waals surface area contributed by atoms with Gasteiger partial charge in [-0.25, -0.2) is 4.79 Å². The summed E-state index contributed by atoms with van der Waals surface area (Å²) in [7, 11) is 0. The second kappa shape index (κ2) is 7.17. The minimum absolute atomic E-state index is 0. The lowest BCUT2D eigenvalue weighted by atomic mass is 10.1. The zero-order valence-electron chi connectivity index (χ0n) is 11.9. The maximum Gasteiger partial charge on any atom is 0.321 e. The maximum atomic E-state index is 12.3. The van der Waals surface area contributed by atoms with Crippen LogP contribution in [0, 0.1) is 0 Å². The average molecular weight is 345 g/mol. The minimum atomic E-state index is -0.199. The topological polar surface area (TPSA) is 73.5 Å². The predicted molar refractivity (Wildman–Crippen MR) is 88.2 cm³/mol. The molecule has 3 rings (SSSR count). The molecule has 1 aromatic rings. The van der Waals surface area contributed by atoms with Gasteiger partial charge in [-0.2, -0.15) is 0 Å². The van der Waals surface area contributed by atoms with E-state index in [2.05, 4.69) is 16.0 Å². The van der Waals surface area contributed by atoms with Crippen molar-refractivity contribution in [1.29, 1.82) is 0 Å². The van der Waals surface area contributed by atoms with Crippen molar-refractivity contribution >= 4 is 41.6 Å². The first kappa shape index (κ1) is 16.9. The number of urea groups is 1. The summed E-state index contributed by atoms with van der Waals surface area (Å²) in [6.07, 6.45) is 0.914. The highest BCUT2D eigenvalue weighted by Crippen LogP contribution is 2.24. The van der Waals surface area contributed by atoms with Gasteiger partial charge in [0.15, 0.2) is 0 Å². The second-order valence-electron chi connectivity index (χ2n) is 5.21. The second-order valence-corrected chi connectivity index (χ2v) is 5.62. The number of amides is 3. The summed E-state index contributed by atoms with van der Waals surface area (Å²) in [5, 5.41) is 9.28. The Hall–Kier alpha value is -1.50. The lowest BCUT2D eigenvalue weighted by Gasteiger charge is -2.17. The molecule has 1 unspecified atom stereocenters. The number of carbonyl (C=O) groups excluding carboxylic acids is 2. The summed E-state index contributed by atoms with van der Waals surface area (Å²) < 4.78 is 0. The number of nitrogens with zero attached hydrogens (tertiary/aromatic N) is 1. The van der Waals surface area contributed by atoms with Crippen molar-refractivity contribution in [3.05, 3.63) is 28.8 Å². The molecule has 0 radical (unpaired) electrons. The quantitative estimate of drug-likeness (QED) is 0.775. The molecule has 120 valence electrons. The zero-order valence-corrected chi connectivity index (χ0v) is 13.5. The molecule has 8 heteroatoms. The van der Waals surface area contributed by atoms with Gasteiger partial charge >= 0.3 is 6.03 Å². The molecule has 0 aromatic heterocycles. The number of halogens is 2. The lowest BCUT2D eigenvalue weighted by molar-refractivity contribution is 0.0940. The number of anilines is 1. The van der Waals surface area contributed by atoms with Gasteiger partial charge in [0, 0.05) is 31.4 Å². The van der Waals surface area contributed by atoms with E-state index in [4.69, 9.17) is 11.6 Å². The number of hydrogen-bond donors (Lipinski definition) is 3. The molecule has 3 N–H and O–H groups in total. The highest BCUT2D eigenvalue weighted by atomic mass is 35.5. The molecule has 0 saturated carbocycles. The number of nitrogens with one attached hydrogen (secondary N) is 3. The third-order valence-corrected chi connectivity index (χ3v) is 4.09. The highest BCUT2D eigenvalue weighted by molar-refractivity contribution is 6.34. The molecule has 1 aromatic carbocycles. The van der Waals surface area contributed by atoms with Crippen LogP contribution in [0.5, 0.6) is 0 Å². The maximum absolute atomic E-state index is 12.3. The van der Waals surface area contributed by atoms with Crippen LogP contribution in [0.2, 0.25) is 5.02 Å². The van der Waals surface area contributed by atoms with E-state index >= 15 is 0 Å². The predicted octanol–water partition coefficient (Wildman–Crippen LogP) is 1.38. The van der Waals surface area contributed by atoms with Gasteiger partial charge in [0.25, 0.3) is 5.91 Å². The molecule has 6 nitrogen and oxygen atoms in total. The van der Waals surface area contributed by atoms with Crippen molar-refractivity contribution in [3.8, 4) is 0 Å². The Kier molecular flexibility index (Phi) is 5.50. The van der Waals surface area contributed by atoms with Crippen LogP contribution in [0.25, 0.3) is 0 Å². The van der Waals surface area contributed by atoms with Gasteiger partial charge in [-0.15, -0.1) is 12.4 Å². The largest absolute Gasteiger partial charge is 0.348 e. The molecule has 1 atom stereocenters. The van der Waals surface area contributed by atoms with E-state index in [1.807, 2.05) is 0 Å². The smallest absolute Gasteiger partial charge is 0.321 e. The van der Waals surface area contributed by atoms with Gasteiger partial charge in [-0.05, 0) is 31.2 Å². The van der Waals surface area contributed by atoms with Crippen LogP contribution in [0.1, 0.15) is 16.8 Å². The summed E-state index contributed by atoms with van der Waals surface area (Å²) in [5.41, 5.74) is 1.09. The van der Waals surface area contributed by atoms with Gasteiger partial charge in [0.2, 0.25) is 0 Å². The van der Waals surface area contributed by atoms with Gasteiger partial charge < -0.3 is 16.0 Å². The van der Waals surface area contributed by atoms with Crippen LogP contribution < -0.4 is 20.9 Å². The summed E-state index contributed by atoms with van der Waals surface area (Å²) in [5.74, 6) is -0.199. The average Bonchev–Trinajstić information content (AvgIpc) is 3.11. The Labute approximate surface area is 140 Å². The fourth-order valence-electron chi connectivity index (χ4n) is 2.61. The molecule has 2 fully saturated rings. The molecule has 2 aliphatic heterocycles. The molecule has 0 aliphatic carbocycles. The monoisotopic (exact) mass is 344 g/mol. The fourth-order valence-corrected chi connectivity index (χ4v) is 2.82. The van der Waals surface area contributed by atoms with E-state index in [1.165, 1.54) is 0 Å². The van der Waals surface area contributed by atoms with Gasteiger partial charge in [-0.3, -0.25) is 9.69 Å². The summed E-state index contributed by atoms with van der Waals surface area (Å²) >= 11 is 6.12. The SMILES string of the molecule is Cl.O=C(NC1CCNC1)c1cc(N2CCNC2=O)ccc1Cl. The summed E-state index contributed by atoms with van der Waals surface area (Å²) in [6, 6.07) is 5.06. The zero-order chi connectivity index (χ0) is 14.8. The minimum Gasteiger partial charge on any atom is -0.348 e. The van der Waals surface area contributed by atoms with Crippen LogP contribution in [0.4, 0.5) is 10.5 Å². The van der Waals surface area contributed by atoms with E-state index in [1.54, 1.807) is 23.1 Å². The number of hydrogen-bond acceptors (Lipinski definition) is 3. The Balaban J connectivity index is 0.00000176. The number of carbonyl (C=O) groups is 2. The van der Waals surface area contributed by atoms with Crippen LogP contribution in [0.15, 0.2) is 18.2 Å². The summed E-state index contributed by atoms with van der Waals surface area (Å²) in [6.45, 7) is 2.88. The third-order valence-electron chi connectivity index (χ3n) is 3.76. The Bertz CT molecular complexity index is 576. The normalized spacial score (nSPS) is 20.5. The van der Waals surface area contributed by atoms with E-state index < -0.39 is 0 Å². The van der Waals surface area contributed by atoms with Crippen LogP contribution in [-0.2, 0) is 0 Å². The molecular weight excluding hydrogens is 327 g/mol. The van der Waals surface area contributed by atoms with Crippen LogP contribution >= 0.6 is 24.0 Å². The molecule has 3 amide bonds. The first-order chi connectivity index (χ1) is 10.1. The van der Waals surface area contributed by atoms with Crippen molar-refractivity contribution in [2.75, 3.05) is 31.1 Å². The van der Waals surface area contributed by atoms with E-state index in [9.17, 15) is 9.59 Å². The molecular formula is C14H18Cl2N4O2. The van der Waals surface area contributed by atoms with Crippen molar-refractivity contribution in [2.45, 2.75) is 12.5 Å².